The van der Waals surface area contributed by atoms with Gasteiger partial charge in [-0.2, -0.15) is 0 Å². The van der Waals surface area contributed by atoms with Gasteiger partial charge in [0.2, 0.25) is 11.8 Å². The molecule has 0 atom stereocenters. The van der Waals surface area contributed by atoms with Crippen molar-refractivity contribution in [3.05, 3.63) is 79.1 Å². The van der Waals surface area contributed by atoms with Crippen LogP contribution in [0.1, 0.15) is 12.8 Å². The van der Waals surface area contributed by atoms with Crippen molar-refractivity contribution >= 4 is 45.6 Å². The van der Waals surface area contributed by atoms with Gasteiger partial charge in [0, 0.05) is 34.8 Å². The normalized spacial score (nSPS) is 14.2. The fourth-order valence-corrected chi connectivity index (χ4v) is 3.78. The number of nitrogens with one attached hydrogen (secondary N) is 2. The third kappa shape index (κ3) is 3.30. The number of carbonyl (C=O) groups is 2. The molecule has 5 rings (SSSR count). The van der Waals surface area contributed by atoms with Crippen LogP contribution in [0.5, 0.6) is 0 Å². The second kappa shape index (κ2) is 7.28. The SMILES string of the molecule is NC(=O)C1(C(=O)N(c2ccccc2)c2ccc(Nc3ccnc4[nH]ccc34)cc2)CC1. The smallest absolute Gasteiger partial charge is 0.247 e. The average Bonchev–Trinajstić information content (AvgIpc) is 3.47. The number of primary amides is 1. The maximum absolute atomic E-state index is 13.4. The van der Waals surface area contributed by atoms with E-state index in [9.17, 15) is 9.59 Å². The highest BCUT2D eigenvalue weighted by atomic mass is 16.2. The van der Waals surface area contributed by atoms with Crippen LogP contribution in [0.2, 0.25) is 0 Å². The van der Waals surface area contributed by atoms with E-state index >= 15 is 0 Å². The molecule has 4 aromatic rings. The first-order chi connectivity index (χ1) is 15.1. The predicted octanol–water partition coefficient (Wildman–Crippen LogP) is 4.24. The summed E-state index contributed by atoms with van der Waals surface area (Å²) >= 11 is 0. The molecule has 1 fully saturated rings. The number of nitrogens with two attached hydrogens (primary N) is 1. The van der Waals surface area contributed by atoms with E-state index in [1.54, 1.807) is 11.1 Å². The van der Waals surface area contributed by atoms with E-state index in [1.165, 1.54) is 0 Å². The molecule has 0 saturated heterocycles. The number of anilines is 4. The van der Waals surface area contributed by atoms with Crippen LogP contribution in [0.25, 0.3) is 11.0 Å². The van der Waals surface area contributed by atoms with Gasteiger partial charge in [-0.3, -0.25) is 14.5 Å². The van der Waals surface area contributed by atoms with E-state index < -0.39 is 11.3 Å². The number of fused-ring (bicyclic) bond motifs is 1. The highest BCUT2D eigenvalue weighted by Crippen LogP contribution is 2.49. The Morgan fingerprint density at radius 1 is 0.968 bits per heavy atom. The Morgan fingerprint density at radius 2 is 1.68 bits per heavy atom. The van der Waals surface area contributed by atoms with Crippen LogP contribution in [-0.4, -0.2) is 21.8 Å². The molecule has 154 valence electrons. The molecule has 2 aromatic heterocycles. The molecule has 0 bridgehead atoms. The third-order valence-corrected chi connectivity index (χ3v) is 5.71. The van der Waals surface area contributed by atoms with Gasteiger partial charge in [-0.25, -0.2) is 4.98 Å². The molecule has 0 radical (unpaired) electrons. The van der Waals surface area contributed by atoms with E-state index in [4.69, 9.17) is 5.73 Å². The number of carbonyl (C=O) groups excluding carboxylic acids is 2. The zero-order chi connectivity index (χ0) is 21.4. The second-order valence-corrected chi connectivity index (χ2v) is 7.69. The molecular formula is C24H21N5O2. The van der Waals surface area contributed by atoms with Crippen molar-refractivity contribution in [1.29, 1.82) is 0 Å². The highest BCUT2D eigenvalue weighted by Gasteiger charge is 2.57. The summed E-state index contributed by atoms with van der Waals surface area (Å²) in [5.41, 5.74) is 8.45. The highest BCUT2D eigenvalue weighted by molar-refractivity contribution is 6.16. The van der Waals surface area contributed by atoms with Gasteiger partial charge >= 0.3 is 0 Å². The molecule has 0 spiro atoms. The van der Waals surface area contributed by atoms with E-state index in [-0.39, 0.29) is 5.91 Å². The zero-order valence-electron chi connectivity index (χ0n) is 16.7. The molecule has 0 unspecified atom stereocenters. The minimum absolute atomic E-state index is 0.282. The number of nitrogens with zero attached hydrogens (tertiary/aromatic N) is 2. The Balaban J connectivity index is 1.47. The molecule has 1 aliphatic carbocycles. The van der Waals surface area contributed by atoms with Crippen molar-refractivity contribution in [1.82, 2.24) is 9.97 Å². The van der Waals surface area contributed by atoms with E-state index in [0.717, 1.165) is 22.4 Å². The molecule has 7 nitrogen and oxygen atoms in total. The third-order valence-electron chi connectivity index (χ3n) is 5.71. The lowest BCUT2D eigenvalue weighted by Gasteiger charge is -2.26. The van der Waals surface area contributed by atoms with Crippen LogP contribution in [0, 0.1) is 5.41 Å². The molecule has 4 N–H and O–H groups in total. The number of pyridine rings is 1. The lowest BCUT2D eigenvalue weighted by molar-refractivity contribution is -0.133. The average molecular weight is 411 g/mol. The standard InChI is InChI=1S/C24H21N5O2/c25-22(30)24(12-13-24)23(31)29(17-4-2-1-3-5-17)18-8-6-16(7-9-18)28-20-11-15-27-21-19(20)10-14-26-21/h1-11,14-15H,12-13H2,(H2,25,30)(H2,26,27,28). The fraction of sp³-hybridized carbons (Fsp3) is 0.125. The summed E-state index contributed by atoms with van der Waals surface area (Å²) in [4.78, 5) is 34.3. The maximum Gasteiger partial charge on any atom is 0.247 e. The summed E-state index contributed by atoms with van der Waals surface area (Å²) in [5, 5.41) is 4.38. The van der Waals surface area contributed by atoms with Gasteiger partial charge in [0.25, 0.3) is 0 Å². The van der Waals surface area contributed by atoms with Crippen molar-refractivity contribution in [3.63, 3.8) is 0 Å². The summed E-state index contributed by atoms with van der Waals surface area (Å²) in [6, 6.07) is 20.7. The van der Waals surface area contributed by atoms with Gasteiger partial charge in [0.1, 0.15) is 11.1 Å². The number of benzene rings is 2. The quantitative estimate of drug-likeness (QED) is 0.413. The second-order valence-electron chi connectivity index (χ2n) is 7.69. The van der Waals surface area contributed by atoms with Crippen molar-refractivity contribution in [2.24, 2.45) is 11.1 Å². The first-order valence-electron chi connectivity index (χ1n) is 10.1. The number of hydrogen-bond acceptors (Lipinski definition) is 4. The number of rotatable bonds is 6. The monoisotopic (exact) mass is 411 g/mol. The lowest BCUT2D eigenvalue weighted by atomic mass is 10.0. The molecular weight excluding hydrogens is 390 g/mol. The van der Waals surface area contributed by atoms with Gasteiger partial charge in [0.15, 0.2) is 0 Å². The molecule has 31 heavy (non-hydrogen) atoms. The number of H-pyrrole nitrogens is 1. The first kappa shape index (κ1) is 18.9. The Bertz CT molecular complexity index is 1260. The largest absolute Gasteiger partial charge is 0.369 e. The van der Waals surface area contributed by atoms with Crippen LogP contribution >= 0.6 is 0 Å². The van der Waals surface area contributed by atoms with Gasteiger partial charge in [-0.05, 0) is 61.4 Å². The summed E-state index contributed by atoms with van der Waals surface area (Å²) in [7, 11) is 0. The molecule has 0 aliphatic heterocycles. The first-order valence-corrected chi connectivity index (χ1v) is 10.1. The topological polar surface area (TPSA) is 104 Å². The number of para-hydroxylation sites is 1. The molecule has 2 amide bonds. The van der Waals surface area contributed by atoms with Gasteiger partial charge in [-0.1, -0.05) is 18.2 Å². The van der Waals surface area contributed by atoms with Crippen molar-refractivity contribution in [2.45, 2.75) is 12.8 Å². The number of aromatic amines is 1. The van der Waals surface area contributed by atoms with Crippen molar-refractivity contribution in [3.8, 4) is 0 Å². The lowest BCUT2D eigenvalue weighted by Crippen LogP contribution is -2.41. The van der Waals surface area contributed by atoms with Crippen LogP contribution in [0.3, 0.4) is 0 Å². The van der Waals surface area contributed by atoms with Crippen LogP contribution in [0.4, 0.5) is 22.7 Å². The van der Waals surface area contributed by atoms with Crippen LogP contribution < -0.4 is 16.0 Å². The molecule has 2 heterocycles. The van der Waals surface area contributed by atoms with Crippen LogP contribution in [-0.2, 0) is 9.59 Å². The Kier molecular flexibility index (Phi) is 4.43. The van der Waals surface area contributed by atoms with Gasteiger partial charge in [0.05, 0.1) is 5.69 Å². The van der Waals surface area contributed by atoms with Crippen molar-refractivity contribution in [2.75, 3.05) is 10.2 Å². The number of hydrogen-bond donors (Lipinski definition) is 3. The maximum atomic E-state index is 13.4. The number of amides is 2. The summed E-state index contributed by atoms with van der Waals surface area (Å²) < 4.78 is 0. The van der Waals surface area contributed by atoms with E-state index in [0.29, 0.717) is 24.2 Å². The van der Waals surface area contributed by atoms with Crippen LogP contribution in [0.15, 0.2) is 79.1 Å². The fourth-order valence-electron chi connectivity index (χ4n) is 3.78. The summed E-state index contributed by atoms with van der Waals surface area (Å²) in [6.07, 6.45) is 4.56. The Labute approximate surface area is 178 Å². The minimum atomic E-state index is -1.11. The van der Waals surface area contributed by atoms with Gasteiger partial charge < -0.3 is 16.0 Å². The van der Waals surface area contributed by atoms with E-state index in [1.807, 2.05) is 72.9 Å². The molecule has 2 aromatic carbocycles. The van der Waals surface area contributed by atoms with E-state index in [2.05, 4.69) is 15.3 Å². The van der Waals surface area contributed by atoms with Gasteiger partial charge in [-0.15, -0.1) is 0 Å². The zero-order valence-corrected chi connectivity index (χ0v) is 16.7. The predicted molar refractivity (Wildman–Crippen MR) is 120 cm³/mol. The summed E-state index contributed by atoms with van der Waals surface area (Å²) in [6.45, 7) is 0. The molecule has 1 saturated carbocycles. The number of aromatic nitrogens is 2. The summed E-state index contributed by atoms with van der Waals surface area (Å²) in [5.74, 6) is -0.847. The Morgan fingerprint density at radius 3 is 2.35 bits per heavy atom. The minimum Gasteiger partial charge on any atom is -0.369 e. The molecule has 7 heteroatoms. The van der Waals surface area contributed by atoms with Crippen molar-refractivity contribution < 1.29 is 9.59 Å². The Hall–Kier alpha value is -4.13. The molecule has 1 aliphatic rings.